The number of amides is 1. The van der Waals surface area contributed by atoms with Gasteiger partial charge in [-0.3, -0.25) is 4.79 Å². The van der Waals surface area contributed by atoms with Crippen molar-refractivity contribution in [3.63, 3.8) is 0 Å². The molecular weight excluding hydrogens is 292 g/mol. The molecule has 1 aromatic rings. The summed E-state index contributed by atoms with van der Waals surface area (Å²) in [5, 5.41) is 0. The van der Waals surface area contributed by atoms with E-state index in [1.165, 1.54) is 4.90 Å². The monoisotopic (exact) mass is 312 g/mol. The van der Waals surface area contributed by atoms with Crippen LogP contribution in [-0.4, -0.2) is 33.2 Å². The number of fused-ring (bicyclic) bond motifs is 1. The quantitative estimate of drug-likeness (QED) is 0.888. The summed E-state index contributed by atoms with van der Waals surface area (Å²) >= 11 is 0. The molecule has 21 heavy (non-hydrogen) atoms. The zero-order valence-electron chi connectivity index (χ0n) is 12.4. The minimum Gasteiger partial charge on any atom is -0.479 e. The molecular formula is C14H20N2O4S. The molecule has 7 heteroatoms. The van der Waals surface area contributed by atoms with E-state index in [4.69, 9.17) is 4.74 Å². The molecule has 2 rings (SSSR count). The van der Waals surface area contributed by atoms with Crippen LogP contribution in [0.4, 0.5) is 5.69 Å². The van der Waals surface area contributed by atoms with Gasteiger partial charge in [0.05, 0.1) is 11.4 Å². The Morgan fingerprint density at radius 3 is 2.76 bits per heavy atom. The summed E-state index contributed by atoms with van der Waals surface area (Å²) in [6.07, 6.45) is 0.0686. The molecule has 1 aliphatic heterocycles. The molecule has 0 saturated heterocycles. The molecule has 1 unspecified atom stereocenters. The first-order chi connectivity index (χ1) is 9.84. The molecule has 0 saturated carbocycles. The normalized spacial score (nSPS) is 18.3. The summed E-state index contributed by atoms with van der Waals surface area (Å²) in [4.78, 5) is 13.4. The van der Waals surface area contributed by atoms with Crippen molar-refractivity contribution in [2.24, 2.45) is 0 Å². The third-order valence-electron chi connectivity index (χ3n) is 3.34. The van der Waals surface area contributed by atoms with Gasteiger partial charge in [-0.1, -0.05) is 13.0 Å². The van der Waals surface area contributed by atoms with E-state index in [1.807, 2.05) is 6.92 Å². The van der Waals surface area contributed by atoms with E-state index in [0.717, 1.165) is 5.56 Å². The molecule has 1 heterocycles. The topological polar surface area (TPSA) is 75.7 Å². The molecule has 1 amide bonds. The molecule has 0 spiro atoms. The van der Waals surface area contributed by atoms with Crippen molar-refractivity contribution in [1.82, 2.24) is 4.72 Å². The molecule has 1 aliphatic rings. The Hall–Kier alpha value is -1.60. The Balaban J connectivity index is 2.16. The Morgan fingerprint density at radius 2 is 2.10 bits per heavy atom. The minimum atomic E-state index is -3.25. The maximum Gasteiger partial charge on any atom is 0.267 e. The third kappa shape index (κ3) is 3.54. The first-order valence-corrected chi connectivity index (χ1v) is 8.54. The highest BCUT2D eigenvalue weighted by Crippen LogP contribution is 2.33. The maximum atomic E-state index is 11.9. The van der Waals surface area contributed by atoms with Crippen LogP contribution in [0.3, 0.4) is 0 Å². The molecule has 1 N–H and O–H groups in total. The van der Waals surface area contributed by atoms with Crippen LogP contribution in [0.25, 0.3) is 0 Å². The molecule has 6 nitrogen and oxygen atoms in total. The number of hydrogen-bond acceptors (Lipinski definition) is 4. The molecule has 116 valence electrons. The van der Waals surface area contributed by atoms with E-state index in [0.29, 0.717) is 17.9 Å². The lowest BCUT2D eigenvalue weighted by Crippen LogP contribution is -2.42. The van der Waals surface area contributed by atoms with Crippen LogP contribution in [0, 0.1) is 0 Å². The van der Waals surface area contributed by atoms with E-state index < -0.39 is 16.1 Å². The zero-order valence-corrected chi connectivity index (χ0v) is 13.2. The van der Waals surface area contributed by atoms with Crippen molar-refractivity contribution < 1.29 is 17.9 Å². The molecule has 1 atom stereocenters. The average molecular weight is 312 g/mol. The average Bonchev–Trinajstić information content (AvgIpc) is 2.43. The lowest BCUT2D eigenvalue weighted by molar-refractivity contribution is -0.125. The van der Waals surface area contributed by atoms with Crippen molar-refractivity contribution in [2.45, 2.75) is 32.9 Å². The number of benzene rings is 1. The van der Waals surface area contributed by atoms with Crippen LogP contribution in [0.2, 0.25) is 0 Å². The first-order valence-electron chi connectivity index (χ1n) is 6.88. The largest absolute Gasteiger partial charge is 0.479 e. The smallest absolute Gasteiger partial charge is 0.267 e. The number of likely N-dealkylation sites (N-methyl/N-ethyl adjacent to an activating group) is 1. The summed E-state index contributed by atoms with van der Waals surface area (Å²) in [5.41, 5.74) is 1.44. The number of carbonyl (C=O) groups excluding carboxylic acids is 1. The number of nitrogens with zero attached hydrogens (tertiary/aromatic N) is 1. The van der Waals surface area contributed by atoms with Crippen LogP contribution < -0.4 is 14.4 Å². The molecule has 0 aliphatic carbocycles. The van der Waals surface area contributed by atoms with E-state index in [9.17, 15) is 13.2 Å². The van der Waals surface area contributed by atoms with Gasteiger partial charge in [0.15, 0.2) is 6.10 Å². The fourth-order valence-electron chi connectivity index (χ4n) is 2.20. The zero-order chi connectivity index (χ0) is 15.6. The second-order valence-corrected chi connectivity index (χ2v) is 7.03. The van der Waals surface area contributed by atoms with Gasteiger partial charge in [-0.05, 0) is 31.0 Å². The predicted molar refractivity (Wildman–Crippen MR) is 80.9 cm³/mol. The fraction of sp³-hybridized carbons (Fsp3) is 0.500. The van der Waals surface area contributed by atoms with Gasteiger partial charge in [0, 0.05) is 13.6 Å². The number of sulfonamides is 1. The summed E-state index contributed by atoms with van der Waals surface area (Å²) in [6.45, 7) is 3.72. The Labute approximate surface area is 125 Å². The summed E-state index contributed by atoms with van der Waals surface area (Å²) in [7, 11) is -1.56. The second-order valence-electron chi connectivity index (χ2n) is 5.10. The van der Waals surface area contributed by atoms with E-state index >= 15 is 0 Å². The van der Waals surface area contributed by atoms with Crippen LogP contribution in [0.5, 0.6) is 5.75 Å². The summed E-state index contributed by atoms with van der Waals surface area (Å²) in [6, 6.07) is 5.33. The van der Waals surface area contributed by atoms with E-state index in [1.54, 1.807) is 32.2 Å². The van der Waals surface area contributed by atoms with Crippen molar-refractivity contribution in [3.05, 3.63) is 23.8 Å². The number of hydrogen-bond donors (Lipinski definition) is 1. The number of ether oxygens (including phenoxy) is 1. The predicted octanol–water partition coefficient (Wildman–Crippen LogP) is 1.26. The minimum absolute atomic E-state index is 0.108. The molecule has 0 aromatic heterocycles. The van der Waals surface area contributed by atoms with Crippen molar-refractivity contribution in [2.75, 3.05) is 17.7 Å². The van der Waals surface area contributed by atoms with Gasteiger partial charge in [-0.15, -0.1) is 0 Å². The van der Waals surface area contributed by atoms with Crippen molar-refractivity contribution in [1.29, 1.82) is 0 Å². The molecule has 0 bridgehead atoms. The van der Waals surface area contributed by atoms with Gasteiger partial charge in [-0.2, -0.15) is 0 Å². The summed E-state index contributed by atoms with van der Waals surface area (Å²) in [5.74, 6) is 0.618. The van der Waals surface area contributed by atoms with Crippen LogP contribution in [-0.2, 0) is 21.4 Å². The van der Waals surface area contributed by atoms with E-state index in [-0.39, 0.29) is 18.2 Å². The van der Waals surface area contributed by atoms with Gasteiger partial charge in [0.2, 0.25) is 10.0 Å². The van der Waals surface area contributed by atoms with Gasteiger partial charge in [-0.25, -0.2) is 13.1 Å². The Bertz CT molecular complexity index is 642. The van der Waals surface area contributed by atoms with Crippen molar-refractivity contribution in [3.8, 4) is 5.75 Å². The maximum absolute atomic E-state index is 11.9. The lowest BCUT2D eigenvalue weighted by Gasteiger charge is -2.30. The van der Waals surface area contributed by atoms with Gasteiger partial charge < -0.3 is 9.64 Å². The third-order valence-corrected chi connectivity index (χ3v) is 4.87. The van der Waals surface area contributed by atoms with Gasteiger partial charge in [0.25, 0.3) is 5.91 Å². The molecule has 1 aromatic carbocycles. The number of anilines is 1. The van der Waals surface area contributed by atoms with E-state index in [2.05, 4.69) is 4.72 Å². The van der Waals surface area contributed by atoms with Crippen molar-refractivity contribution >= 4 is 21.6 Å². The number of nitrogens with one attached hydrogen (secondary N) is 1. The molecule has 0 radical (unpaired) electrons. The lowest BCUT2D eigenvalue weighted by atomic mass is 10.1. The van der Waals surface area contributed by atoms with Crippen LogP contribution in [0.1, 0.15) is 25.8 Å². The number of carbonyl (C=O) groups is 1. The highest BCUT2D eigenvalue weighted by molar-refractivity contribution is 7.89. The van der Waals surface area contributed by atoms with Gasteiger partial charge in [0.1, 0.15) is 5.75 Å². The second kappa shape index (κ2) is 6.03. The fourth-order valence-corrected chi connectivity index (χ4v) is 3.27. The SMILES string of the molecule is CCCS(=O)(=O)NCc1ccc2c(c1)N(C)C(=O)C(C)O2. The standard InChI is InChI=1S/C14H20N2O4S/c1-4-7-21(18,19)15-9-11-5-6-13-12(8-11)16(3)14(17)10(2)20-13/h5-6,8,10,15H,4,7,9H2,1-3H3. The summed E-state index contributed by atoms with van der Waals surface area (Å²) < 4.78 is 31.4. The number of rotatable bonds is 5. The Kier molecular flexibility index (Phi) is 4.53. The van der Waals surface area contributed by atoms with Gasteiger partial charge >= 0.3 is 0 Å². The first kappa shape index (κ1) is 15.8. The van der Waals surface area contributed by atoms with Crippen LogP contribution in [0.15, 0.2) is 18.2 Å². The Morgan fingerprint density at radius 1 is 1.38 bits per heavy atom. The van der Waals surface area contributed by atoms with Crippen LogP contribution >= 0.6 is 0 Å². The highest BCUT2D eigenvalue weighted by atomic mass is 32.2. The highest BCUT2D eigenvalue weighted by Gasteiger charge is 2.28. The molecule has 0 fully saturated rings.